The normalized spacial score (nSPS) is 12.7. The van der Waals surface area contributed by atoms with Crippen LogP contribution in [0.5, 0.6) is 0 Å². The summed E-state index contributed by atoms with van der Waals surface area (Å²) < 4.78 is 6.88. The van der Waals surface area contributed by atoms with Crippen LogP contribution in [0.2, 0.25) is 0 Å². The first-order chi connectivity index (χ1) is 7.26. The highest BCUT2D eigenvalue weighted by molar-refractivity contribution is 5.37. The van der Waals surface area contributed by atoms with E-state index in [1.165, 1.54) is 6.42 Å². The summed E-state index contributed by atoms with van der Waals surface area (Å²) in [4.78, 5) is 0. The van der Waals surface area contributed by atoms with Gasteiger partial charge in [-0.2, -0.15) is 5.10 Å². The molecule has 1 unspecified atom stereocenters. The van der Waals surface area contributed by atoms with Crippen LogP contribution in [0.4, 0.5) is 5.69 Å². The summed E-state index contributed by atoms with van der Waals surface area (Å²) in [6, 6.07) is 0. The fourth-order valence-electron chi connectivity index (χ4n) is 1.20. The van der Waals surface area contributed by atoms with Crippen LogP contribution in [-0.2, 0) is 11.3 Å². The first kappa shape index (κ1) is 12.0. The summed E-state index contributed by atoms with van der Waals surface area (Å²) >= 11 is 0. The number of hydrogen-bond acceptors (Lipinski definition) is 3. The molecule has 0 aromatic carbocycles. The molecule has 4 heteroatoms. The second-order valence-corrected chi connectivity index (χ2v) is 3.88. The van der Waals surface area contributed by atoms with Crippen molar-refractivity contribution in [2.24, 2.45) is 5.92 Å². The van der Waals surface area contributed by atoms with Gasteiger partial charge >= 0.3 is 0 Å². The van der Waals surface area contributed by atoms with E-state index >= 15 is 0 Å². The molecule has 1 heterocycles. The highest BCUT2D eigenvalue weighted by Crippen LogP contribution is 2.07. The first-order valence-electron chi connectivity index (χ1n) is 5.51. The zero-order chi connectivity index (χ0) is 11.1. The maximum Gasteiger partial charge on any atom is 0.0726 e. The third kappa shape index (κ3) is 4.34. The zero-order valence-corrected chi connectivity index (χ0v) is 9.86. The van der Waals surface area contributed by atoms with Crippen LogP contribution in [0.1, 0.15) is 20.3 Å². The summed E-state index contributed by atoms with van der Waals surface area (Å²) in [5.41, 5.74) is 1.09. The van der Waals surface area contributed by atoms with Crippen LogP contribution in [0, 0.1) is 5.92 Å². The van der Waals surface area contributed by atoms with Gasteiger partial charge in [0.25, 0.3) is 0 Å². The maximum atomic E-state index is 4.99. The lowest BCUT2D eigenvalue weighted by atomic mass is 10.1. The van der Waals surface area contributed by atoms with Crippen LogP contribution in [-0.4, -0.2) is 30.0 Å². The lowest BCUT2D eigenvalue weighted by Crippen LogP contribution is -2.09. The van der Waals surface area contributed by atoms with Crippen LogP contribution in [0.15, 0.2) is 12.4 Å². The molecule has 86 valence electrons. The van der Waals surface area contributed by atoms with Gasteiger partial charge < -0.3 is 10.1 Å². The average Bonchev–Trinajstić information content (AvgIpc) is 2.71. The minimum absolute atomic E-state index is 0.701. The lowest BCUT2D eigenvalue weighted by molar-refractivity contribution is 0.183. The topological polar surface area (TPSA) is 39.1 Å². The molecule has 0 amide bonds. The Kier molecular flexibility index (Phi) is 5.18. The molecule has 0 radical (unpaired) electrons. The Morgan fingerprint density at radius 3 is 3.07 bits per heavy atom. The van der Waals surface area contributed by atoms with Crippen molar-refractivity contribution >= 4 is 5.69 Å². The molecule has 1 aromatic heterocycles. The van der Waals surface area contributed by atoms with Gasteiger partial charge in [0, 0.05) is 19.9 Å². The Morgan fingerprint density at radius 1 is 1.60 bits per heavy atom. The maximum absolute atomic E-state index is 4.99. The summed E-state index contributed by atoms with van der Waals surface area (Å²) in [5, 5.41) is 7.60. The van der Waals surface area contributed by atoms with Crippen LogP contribution in [0.3, 0.4) is 0 Å². The molecule has 1 aromatic rings. The molecule has 0 bridgehead atoms. The Balaban J connectivity index is 2.32. The standard InChI is InChI=1S/C11H21N3O/c1-4-10(2)7-12-11-8-13-14(9-11)5-6-15-3/h8-10,12H,4-7H2,1-3H3. The number of methoxy groups -OCH3 is 1. The Hall–Kier alpha value is -1.03. The van der Waals surface area contributed by atoms with E-state index in [0.29, 0.717) is 12.5 Å². The highest BCUT2D eigenvalue weighted by Gasteiger charge is 2.00. The minimum Gasteiger partial charge on any atom is -0.383 e. The molecule has 0 aliphatic rings. The minimum atomic E-state index is 0.701. The van der Waals surface area contributed by atoms with Gasteiger partial charge in [0.15, 0.2) is 0 Å². The molecule has 0 saturated carbocycles. The van der Waals surface area contributed by atoms with E-state index in [0.717, 1.165) is 18.8 Å². The van der Waals surface area contributed by atoms with Gasteiger partial charge in [-0.3, -0.25) is 4.68 Å². The van der Waals surface area contributed by atoms with Crippen LogP contribution in [0.25, 0.3) is 0 Å². The average molecular weight is 211 g/mol. The molecule has 0 spiro atoms. The third-order valence-electron chi connectivity index (χ3n) is 2.51. The number of aromatic nitrogens is 2. The van der Waals surface area contributed by atoms with E-state index in [1.54, 1.807) is 7.11 Å². The Morgan fingerprint density at radius 2 is 2.40 bits per heavy atom. The molecule has 1 rings (SSSR count). The van der Waals surface area contributed by atoms with E-state index < -0.39 is 0 Å². The van der Waals surface area contributed by atoms with Crippen molar-refractivity contribution < 1.29 is 4.74 Å². The largest absolute Gasteiger partial charge is 0.383 e. The van der Waals surface area contributed by atoms with E-state index in [1.807, 2.05) is 17.1 Å². The van der Waals surface area contributed by atoms with E-state index in [4.69, 9.17) is 4.74 Å². The molecule has 0 saturated heterocycles. The Bertz CT molecular complexity index is 273. The van der Waals surface area contributed by atoms with Crippen molar-refractivity contribution in [3.8, 4) is 0 Å². The molecule has 0 aliphatic carbocycles. The molecular weight excluding hydrogens is 190 g/mol. The summed E-state index contributed by atoms with van der Waals surface area (Å²) in [5.74, 6) is 0.701. The van der Waals surface area contributed by atoms with Gasteiger partial charge in [-0.15, -0.1) is 0 Å². The van der Waals surface area contributed by atoms with Crippen molar-refractivity contribution in [3.05, 3.63) is 12.4 Å². The molecule has 0 aliphatic heterocycles. The summed E-state index contributed by atoms with van der Waals surface area (Å²) in [6.07, 6.45) is 5.07. The smallest absolute Gasteiger partial charge is 0.0726 e. The molecule has 4 nitrogen and oxygen atoms in total. The molecule has 15 heavy (non-hydrogen) atoms. The number of anilines is 1. The van der Waals surface area contributed by atoms with Gasteiger partial charge in [0.2, 0.25) is 0 Å². The highest BCUT2D eigenvalue weighted by atomic mass is 16.5. The monoisotopic (exact) mass is 211 g/mol. The number of hydrogen-bond donors (Lipinski definition) is 1. The second kappa shape index (κ2) is 6.45. The van der Waals surface area contributed by atoms with Gasteiger partial charge in [0.1, 0.15) is 0 Å². The molecule has 0 fully saturated rings. The fraction of sp³-hybridized carbons (Fsp3) is 0.727. The van der Waals surface area contributed by atoms with Gasteiger partial charge in [-0.25, -0.2) is 0 Å². The van der Waals surface area contributed by atoms with Crippen molar-refractivity contribution in [3.63, 3.8) is 0 Å². The van der Waals surface area contributed by atoms with Gasteiger partial charge in [0.05, 0.1) is 25.0 Å². The van der Waals surface area contributed by atoms with Crippen LogP contribution < -0.4 is 5.32 Å². The fourth-order valence-corrected chi connectivity index (χ4v) is 1.20. The quantitative estimate of drug-likeness (QED) is 0.749. The summed E-state index contributed by atoms with van der Waals surface area (Å²) in [6.45, 7) is 6.96. The van der Waals surface area contributed by atoms with Crippen molar-refractivity contribution in [1.29, 1.82) is 0 Å². The number of nitrogens with one attached hydrogen (secondary N) is 1. The number of ether oxygens (including phenoxy) is 1. The second-order valence-electron chi connectivity index (χ2n) is 3.88. The lowest BCUT2D eigenvalue weighted by Gasteiger charge is -2.08. The molecule has 1 atom stereocenters. The van der Waals surface area contributed by atoms with Crippen molar-refractivity contribution in [1.82, 2.24) is 9.78 Å². The van der Waals surface area contributed by atoms with Gasteiger partial charge in [-0.1, -0.05) is 20.3 Å². The number of nitrogens with zero attached hydrogens (tertiary/aromatic N) is 2. The van der Waals surface area contributed by atoms with E-state index in [2.05, 4.69) is 24.3 Å². The van der Waals surface area contributed by atoms with Crippen molar-refractivity contribution in [2.75, 3.05) is 25.6 Å². The molecule has 1 N–H and O–H groups in total. The SMILES string of the molecule is CCC(C)CNc1cnn(CCOC)c1. The first-order valence-corrected chi connectivity index (χ1v) is 5.51. The Labute approximate surface area is 91.6 Å². The molecular formula is C11H21N3O. The predicted molar refractivity (Wildman–Crippen MR) is 62.0 cm³/mol. The predicted octanol–water partition coefficient (Wildman–Crippen LogP) is 1.99. The van der Waals surface area contributed by atoms with E-state index in [-0.39, 0.29) is 0 Å². The van der Waals surface area contributed by atoms with E-state index in [9.17, 15) is 0 Å². The summed E-state index contributed by atoms with van der Waals surface area (Å²) in [7, 11) is 1.70. The number of rotatable bonds is 7. The van der Waals surface area contributed by atoms with Crippen LogP contribution >= 0.6 is 0 Å². The zero-order valence-electron chi connectivity index (χ0n) is 9.86. The van der Waals surface area contributed by atoms with Gasteiger partial charge in [-0.05, 0) is 5.92 Å². The third-order valence-corrected chi connectivity index (χ3v) is 2.51. The van der Waals surface area contributed by atoms with Crippen molar-refractivity contribution in [2.45, 2.75) is 26.8 Å².